The van der Waals surface area contributed by atoms with Crippen molar-refractivity contribution < 1.29 is 40.3 Å². The third kappa shape index (κ3) is 2.96. The molecule has 20 heavy (non-hydrogen) atoms. The monoisotopic (exact) mass is 310 g/mol. The van der Waals surface area contributed by atoms with Crippen molar-refractivity contribution in [3.63, 3.8) is 0 Å². The summed E-state index contributed by atoms with van der Waals surface area (Å²) in [4.78, 5) is 21.8. The average Bonchev–Trinajstić information content (AvgIpc) is 2.27. The van der Waals surface area contributed by atoms with Crippen molar-refractivity contribution in [1.29, 1.82) is 0 Å². The average molecular weight is 310 g/mol. The van der Waals surface area contributed by atoms with E-state index in [4.69, 9.17) is 0 Å². The van der Waals surface area contributed by atoms with Crippen LogP contribution in [0.15, 0.2) is 0 Å². The normalized spacial score (nSPS) is 21.4. The Labute approximate surface area is 107 Å². The van der Waals surface area contributed by atoms with Gasteiger partial charge in [0.1, 0.15) is 6.17 Å². The number of amides is 2. The van der Waals surface area contributed by atoms with Crippen LogP contribution in [0.25, 0.3) is 0 Å². The summed E-state index contributed by atoms with van der Waals surface area (Å²) in [7, 11) is 0. The summed E-state index contributed by atoms with van der Waals surface area (Å²) in [5.74, 6) is -15.9. The van der Waals surface area contributed by atoms with Gasteiger partial charge in [-0.1, -0.05) is 0 Å². The lowest BCUT2D eigenvalue weighted by atomic mass is 10.1. The Bertz CT molecular complexity index is 408. The van der Waals surface area contributed by atoms with E-state index >= 15 is 0 Å². The van der Waals surface area contributed by atoms with Crippen LogP contribution < -0.4 is 10.6 Å². The SMILES string of the molecule is O=C1CCC[C@H](NC(=O)C(F)(F)C(F)(F)C(F)(F)F)N1. The van der Waals surface area contributed by atoms with Crippen LogP contribution in [-0.4, -0.2) is 36.0 Å². The van der Waals surface area contributed by atoms with E-state index in [1.807, 2.05) is 5.32 Å². The molecule has 0 saturated carbocycles. The second-order valence-electron chi connectivity index (χ2n) is 4.13. The molecule has 0 radical (unpaired) electrons. The highest BCUT2D eigenvalue weighted by Crippen LogP contribution is 2.46. The van der Waals surface area contributed by atoms with Gasteiger partial charge in [-0.25, -0.2) is 0 Å². The Morgan fingerprint density at radius 1 is 1.15 bits per heavy atom. The fourth-order valence-corrected chi connectivity index (χ4v) is 1.48. The lowest BCUT2D eigenvalue weighted by Gasteiger charge is -2.30. The van der Waals surface area contributed by atoms with Gasteiger partial charge in [0.2, 0.25) is 5.91 Å². The first-order chi connectivity index (χ1) is 8.89. The molecule has 0 aromatic heterocycles. The minimum Gasteiger partial charge on any atom is -0.336 e. The molecule has 1 saturated heterocycles. The second kappa shape index (κ2) is 5.09. The van der Waals surface area contributed by atoms with Crippen molar-refractivity contribution in [2.75, 3.05) is 0 Å². The van der Waals surface area contributed by atoms with E-state index in [0.717, 1.165) is 0 Å². The summed E-state index contributed by atoms with van der Waals surface area (Å²) in [5.41, 5.74) is 0. The van der Waals surface area contributed by atoms with E-state index in [0.29, 0.717) is 0 Å². The number of piperidine rings is 1. The van der Waals surface area contributed by atoms with Gasteiger partial charge >= 0.3 is 18.0 Å². The summed E-state index contributed by atoms with van der Waals surface area (Å²) in [5, 5.41) is 3.25. The molecule has 0 aromatic rings. The maximum Gasteiger partial charge on any atom is 0.460 e. The molecule has 2 N–H and O–H groups in total. The largest absolute Gasteiger partial charge is 0.460 e. The van der Waals surface area contributed by atoms with Gasteiger partial charge in [-0.3, -0.25) is 9.59 Å². The summed E-state index contributed by atoms with van der Waals surface area (Å²) < 4.78 is 86.6. The van der Waals surface area contributed by atoms with Crippen molar-refractivity contribution in [2.24, 2.45) is 0 Å². The van der Waals surface area contributed by atoms with Gasteiger partial charge in [0, 0.05) is 6.42 Å². The first-order valence-corrected chi connectivity index (χ1v) is 5.32. The molecule has 0 spiro atoms. The summed E-state index contributed by atoms with van der Waals surface area (Å²) in [6, 6.07) is 0. The Hall–Kier alpha value is -1.55. The smallest absolute Gasteiger partial charge is 0.336 e. The predicted molar refractivity (Wildman–Crippen MR) is 49.9 cm³/mol. The molecule has 1 rings (SSSR count). The Morgan fingerprint density at radius 3 is 2.15 bits per heavy atom. The Morgan fingerprint density at radius 2 is 1.70 bits per heavy atom. The molecule has 4 nitrogen and oxygen atoms in total. The molecule has 0 unspecified atom stereocenters. The molecule has 0 aliphatic carbocycles. The maximum absolute atomic E-state index is 12.9. The summed E-state index contributed by atoms with van der Waals surface area (Å²) in [6.07, 6.45) is -7.81. The molecule has 2 amide bonds. The van der Waals surface area contributed by atoms with Crippen LogP contribution in [0, 0.1) is 0 Å². The third-order valence-corrected chi connectivity index (χ3v) is 2.57. The zero-order valence-corrected chi connectivity index (χ0v) is 9.66. The van der Waals surface area contributed by atoms with Crippen LogP contribution in [0.3, 0.4) is 0 Å². The van der Waals surface area contributed by atoms with E-state index in [-0.39, 0.29) is 19.3 Å². The zero-order valence-electron chi connectivity index (χ0n) is 9.66. The van der Waals surface area contributed by atoms with Gasteiger partial charge in [-0.05, 0) is 12.8 Å². The van der Waals surface area contributed by atoms with Gasteiger partial charge in [-0.15, -0.1) is 0 Å². The minimum absolute atomic E-state index is 0.0431. The molecule has 0 bridgehead atoms. The second-order valence-corrected chi connectivity index (χ2v) is 4.13. The summed E-state index contributed by atoms with van der Waals surface area (Å²) in [6.45, 7) is 0. The fraction of sp³-hybridized carbons (Fsp3) is 0.778. The van der Waals surface area contributed by atoms with Gasteiger partial charge in [0.15, 0.2) is 0 Å². The fourth-order valence-electron chi connectivity index (χ4n) is 1.48. The van der Waals surface area contributed by atoms with Crippen LogP contribution in [-0.2, 0) is 9.59 Å². The van der Waals surface area contributed by atoms with Crippen molar-refractivity contribution in [1.82, 2.24) is 10.6 Å². The molecule has 116 valence electrons. The molecular weight excluding hydrogens is 301 g/mol. The quantitative estimate of drug-likeness (QED) is 0.777. The van der Waals surface area contributed by atoms with E-state index in [2.05, 4.69) is 0 Å². The number of carbonyl (C=O) groups is 2. The zero-order chi connectivity index (χ0) is 15.8. The van der Waals surface area contributed by atoms with Crippen molar-refractivity contribution in [2.45, 2.75) is 43.4 Å². The van der Waals surface area contributed by atoms with Gasteiger partial charge in [-0.2, -0.15) is 30.7 Å². The van der Waals surface area contributed by atoms with Crippen LogP contribution in [0.4, 0.5) is 30.7 Å². The molecular formula is C9H9F7N2O2. The first-order valence-electron chi connectivity index (χ1n) is 5.32. The van der Waals surface area contributed by atoms with Crippen LogP contribution >= 0.6 is 0 Å². The summed E-state index contributed by atoms with van der Waals surface area (Å²) >= 11 is 0. The van der Waals surface area contributed by atoms with E-state index < -0.39 is 36.0 Å². The first kappa shape index (κ1) is 16.5. The van der Waals surface area contributed by atoms with Crippen molar-refractivity contribution in [3.8, 4) is 0 Å². The predicted octanol–water partition coefficient (Wildman–Crippen LogP) is 1.56. The van der Waals surface area contributed by atoms with Crippen LogP contribution in [0.2, 0.25) is 0 Å². The third-order valence-electron chi connectivity index (χ3n) is 2.57. The molecule has 1 fully saturated rings. The van der Waals surface area contributed by atoms with Gasteiger partial charge in [0.25, 0.3) is 5.91 Å². The lowest BCUT2D eigenvalue weighted by Crippen LogP contribution is -2.62. The lowest BCUT2D eigenvalue weighted by molar-refractivity contribution is -0.344. The minimum atomic E-state index is -6.58. The number of carbonyl (C=O) groups excluding carboxylic acids is 2. The van der Waals surface area contributed by atoms with E-state index in [9.17, 15) is 40.3 Å². The van der Waals surface area contributed by atoms with E-state index in [1.165, 1.54) is 5.32 Å². The molecule has 1 aliphatic rings. The standard InChI is InChI=1S/C9H9F7N2O2/c10-7(11,8(12,13)9(14,15)16)6(20)18-4-2-1-3-5(19)17-4/h4H,1-3H2,(H,17,19)(H,18,20)/t4-/m0/s1. The van der Waals surface area contributed by atoms with Crippen LogP contribution in [0.1, 0.15) is 19.3 Å². The van der Waals surface area contributed by atoms with Crippen molar-refractivity contribution >= 4 is 11.8 Å². The van der Waals surface area contributed by atoms with Gasteiger partial charge in [0.05, 0.1) is 0 Å². The molecule has 1 heterocycles. The molecule has 11 heteroatoms. The van der Waals surface area contributed by atoms with Crippen molar-refractivity contribution in [3.05, 3.63) is 0 Å². The number of alkyl halides is 7. The number of nitrogens with one attached hydrogen (secondary N) is 2. The molecule has 1 aliphatic heterocycles. The highest BCUT2D eigenvalue weighted by molar-refractivity contribution is 5.86. The van der Waals surface area contributed by atoms with Gasteiger partial charge < -0.3 is 10.6 Å². The molecule has 1 atom stereocenters. The Balaban J connectivity index is 2.82. The number of hydrogen-bond donors (Lipinski definition) is 2. The number of hydrogen-bond acceptors (Lipinski definition) is 2. The number of rotatable bonds is 3. The number of halogens is 7. The highest BCUT2D eigenvalue weighted by atomic mass is 19.4. The highest BCUT2D eigenvalue weighted by Gasteiger charge is 2.76. The van der Waals surface area contributed by atoms with Crippen LogP contribution in [0.5, 0.6) is 0 Å². The maximum atomic E-state index is 12.9. The molecule has 0 aromatic carbocycles. The topological polar surface area (TPSA) is 58.2 Å². The Kier molecular flexibility index (Phi) is 4.20. The van der Waals surface area contributed by atoms with E-state index in [1.54, 1.807) is 0 Å².